The average molecular weight is 345 g/mol. The van der Waals surface area contributed by atoms with Gasteiger partial charge in [-0.05, 0) is 56.5 Å². The van der Waals surface area contributed by atoms with Gasteiger partial charge in [-0.2, -0.15) is 0 Å². The van der Waals surface area contributed by atoms with Crippen molar-refractivity contribution >= 4 is 5.91 Å². The number of aryl methyl sites for hydroxylation is 2. The van der Waals surface area contributed by atoms with Gasteiger partial charge in [0.2, 0.25) is 0 Å². The third kappa shape index (κ3) is 3.15. The third-order valence-electron chi connectivity index (χ3n) is 5.06. The fourth-order valence-electron chi connectivity index (χ4n) is 3.91. The maximum Gasteiger partial charge on any atom is 0.254 e. The molecule has 4 heteroatoms. The largest absolute Gasteiger partial charge is 0.332 e. The number of likely N-dealkylation sites (tertiary alicyclic amines) is 1. The van der Waals surface area contributed by atoms with Gasteiger partial charge in [-0.3, -0.25) is 4.79 Å². The molecular weight excluding hydrogens is 322 g/mol. The summed E-state index contributed by atoms with van der Waals surface area (Å²) >= 11 is 0. The number of carbonyl (C=O) groups excluding carboxylic acids is 1. The molecule has 0 aliphatic carbocycles. The highest BCUT2D eigenvalue weighted by Crippen LogP contribution is 2.34. The van der Waals surface area contributed by atoms with Crippen LogP contribution in [-0.4, -0.2) is 26.9 Å². The van der Waals surface area contributed by atoms with Crippen molar-refractivity contribution in [3.05, 3.63) is 83.4 Å². The van der Waals surface area contributed by atoms with Crippen molar-refractivity contribution in [2.24, 2.45) is 0 Å². The number of amides is 1. The van der Waals surface area contributed by atoms with E-state index in [1.165, 1.54) is 16.7 Å². The van der Waals surface area contributed by atoms with Crippen molar-refractivity contribution < 1.29 is 4.79 Å². The molecule has 3 aromatic rings. The SMILES string of the molecule is Cc1cc(C)cc(C2CCCN2C(=O)c2ccc(-n3ccnc3)cc2)c1. The Bertz CT molecular complexity index is 893. The number of rotatable bonds is 3. The summed E-state index contributed by atoms with van der Waals surface area (Å²) in [6, 6.07) is 14.5. The molecule has 1 aromatic heterocycles. The van der Waals surface area contributed by atoms with Crippen LogP contribution in [0.25, 0.3) is 5.69 Å². The Morgan fingerprint density at radius 2 is 1.81 bits per heavy atom. The fourth-order valence-corrected chi connectivity index (χ4v) is 3.91. The third-order valence-corrected chi connectivity index (χ3v) is 5.06. The van der Waals surface area contributed by atoms with E-state index >= 15 is 0 Å². The molecule has 0 radical (unpaired) electrons. The summed E-state index contributed by atoms with van der Waals surface area (Å²) in [5.74, 6) is 0.115. The number of nitrogens with zero attached hydrogens (tertiary/aromatic N) is 3. The van der Waals surface area contributed by atoms with Gasteiger partial charge < -0.3 is 9.47 Å². The van der Waals surface area contributed by atoms with Crippen LogP contribution in [0.2, 0.25) is 0 Å². The predicted octanol–water partition coefficient (Wildman–Crippen LogP) is 4.47. The molecule has 1 aliphatic heterocycles. The molecule has 0 spiro atoms. The van der Waals surface area contributed by atoms with Gasteiger partial charge in [0, 0.05) is 30.2 Å². The number of carbonyl (C=O) groups is 1. The van der Waals surface area contributed by atoms with Crippen molar-refractivity contribution in [1.29, 1.82) is 0 Å². The molecule has 1 saturated heterocycles. The number of imidazole rings is 1. The summed E-state index contributed by atoms with van der Waals surface area (Å²) in [6.07, 6.45) is 7.48. The molecule has 1 atom stereocenters. The van der Waals surface area contributed by atoms with Gasteiger partial charge >= 0.3 is 0 Å². The van der Waals surface area contributed by atoms with E-state index in [9.17, 15) is 4.79 Å². The minimum Gasteiger partial charge on any atom is -0.332 e. The highest BCUT2D eigenvalue weighted by atomic mass is 16.2. The van der Waals surface area contributed by atoms with E-state index in [-0.39, 0.29) is 11.9 Å². The molecular formula is C22H23N3O. The zero-order valence-corrected chi connectivity index (χ0v) is 15.2. The van der Waals surface area contributed by atoms with E-state index in [2.05, 4.69) is 37.0 Å². The van der Waals surface area contributed by atoms with Crippen molar-refractivity contribution in [3.63, 3.8) is 0 Å². The molecule has 4 rings (SSSR count). The van der Waals surface area contributed by atoms with Crippen LogP contribution in [0.4, 0.5) is 0 Å². The van der Waals surface area contributed by atoms with E-state index < -0.39 is 0 Å². The summed E-state index contributed by atoms with van der Waals surface area (Å²) in [4.78, 5) is 19.2. The maximum absolute atomic E-state index is 13.1. The Morgan fingerprint density at radius 1 is 1.08 bits per heavy atom. The van der Waals surface area contributed by atoms with E-state index in [1.54, 1.807) is 12.5 Å². The topological polar surface area (TPSA) is 38.1 Å². The van der Waals surface area contributed by atoms with Crippen LogP contribution in [0.3, 0.4) is 0 Å². The minimum atomic E-state index is 0.115. The normalized spacial score (nSPS) is 16.8. The first-order valence-electron chi connectivity index (χ1n) is 9.09. The van der Waals surface area contributed by atoms with Crippen LogP contribution in [-0.2, 0) is 0 Å². The monoisotopic (exact) mass is 345 g/mol. The van der Waals surface area contributed by atoms with Crippen molar-refractivity contribution in [2.75, 3.05) is 6.54 Å². The van der Waals surface area contributed by atoms with Crippen LogP contribution in [0, 0.1) is 13.8 Å². The second-order valence-electron chi connectivity index (χ2n) is 7.09. The first-order chi connectivity index (χ1) is 12.6. The molecule has 2 aromatic carbocycles. The highest BCUT2D eigenvalue weighted by Gasteiger charge is 2.30. The molecule has 1 aliphatic rings. The minimum absolute atomic E-state index is 0.115. The summed E-state index contributed by atoms with van der Waals surface area (Å²) in [5.41, 5.74) is 5.51. The molecule has 0 saturated carbocycles. The van der Waals surface area contributed by atoms with E-state index in [1.807, 2.05) is 39.9 Å². The lowest BCUT2D eigenvalue weighted by atomic mass is 9.99. The predicted molar refractivity (Wildman–Crippen MR) is 102 cm³/mol. The average Bonchev–Trinajstić information content (AvgIpc) is 3.32. The number of hydrogen-bond donors (Lipinski definition) is 0. The van der Waals surface area contributed by atoms with E-state index in [4.69, 9.17) is 0 Å². The van der Waals surface area contributed by atoms with Gasteiger partial charge in [0.25, 0.3) is 5.91 Å². The van der Waals surface area contributed by atoms with Crippen LogP contribution in [0.15, 0.2) is 61.2 Å². The number of hydrogen-bond acceptors (Lipinski definition) is 2. The summed E-state index contributed by atoms with van der Waals surface area (Å²) in [6.45, 7) is 5.05. The summed E-state index contributed by atoms with van der Waals surface area (Å²) < 4.78 is 1.93. The molecule has 1 fully saturated rings. The van der Waals surface area contributed by atoms with E-state index in [0.717, 1.165) is 30.6 Å². The zero-order valence-electron chi connectivity index (χ0n) is 15.2. The summed E-state index contributed by atoms with van der Waals surface area (Å²) in [7, 11) is 0. The van der Waals surface area contributed by atoms with Crippen molar-refractivity contribution in [2.45, 2.75) is 32.7 Å². The lowest BCUT2D eigenvalue weighted by Gasteiger charge is -2.26. The number of benzene rings is 2. The number of aromatic nitrogens is 2. The van der Waals surface area contributed by atoms with Gasteiger partial charge in [-0.1, -0.05) is 29.3 Å². The summed E-state index contributed by atoms with van der Waals surface area (Å²) in [5, 5.41) is 0. The highest BCUT2D eigenvalue weighted by molar-refractivity contribution is 5.94. The molecule has 26 heavy (non-hydrogen) atoms. The van der Waals surface area contributed by atoms with E-state index in [0.29, 0.717) is 0 Å². The van der Waals surface area contributed by atoms with Crippen LogP contribution < -0.4 is 0 Å². The zero-order chi connectivity index (χ0) is 18.1. The Balaban J connectivity index is 1.58. The first-order valence-corrected chi connectivity index (χ1v) is 9.09. The van der Waals surface area contributed by atoms with Gasteiger partial charge in [0.1, 0.15) is 0 Å². The Labute approximate surface area is 154 Å². The van der Waals surface area contributed by atoms with Crippen molar-refractivity contribution in [3.8, 4) is 5.69 Å². The lowest BCUT2D eigenvalue weighted by molar-refractivity contribution is 0.0735. The molecule has 0 bridgehead atoms. The quantitative estimate of drug-likeness (QED) is 0.702. The molecule has 0 N–H and O–H groups in total. The maximum atomic E-state index is 13.1. The molecule has 4 nitrogen and oxygen atoms in total. The fraction of sp³-hybridized carbons (Fsp3) is 0.273. The Morgan fingerprint density at radius 3 is 2.46 bits per heavy atom. The smallest absolute Gasteiger partial charge is 0.254 e. The molecule has 1 amide bonds. The van der Waals surface area contributed by atoms with Gasteiger partial charge in [0.15, 0.2) is 0 Å². The molecule has 132 valence electrons. The van der Waals surface area contributed by atoms with Crippen LogP contribution in [0.5, 0.6) is 0 Å². The second-order valence-corrected chi connectivity index (χ2v) is 7.09. The van der Waals surface area contributed by atoms with Gasteiger partial charge in [0.05, 0.1) is 12.4 Å². The van der Waals surface area contributed by atoms with Gasteiger partial charge in [-0.15, -0.1) is 0 Å². The van der Waals surface area contributed by atoms with Crippen molar-refractivity contribution in [1.82, 2.24) is 14.5 Å². The van der Waals surface area contributed by atoms with Crippen LogP contribution in [0.1, 0.15) is 45.9 Å². The van der Waals surface area contributed by atoms with Crippen LogP contribution >= 0.6 is 0 Å². The Hall–Kier alpha value is -2.88. The van der Waals surface area contributed by atoms with Gasteiger partial charge in [-0.25, -0.2) is 4.98 Å². The molecule has 1 unspecified atom stereocenters. The second kappa shape index (κ2) is 6.79. The lowest BCUT2D eigenvalue weighted by Crippen LogP contribution is -2.30. The molecule has 2 heterocycles. The standard InChI is InChI=1S/C22H23N3O/c1-16-12-17(2)14-19(13-16)21-4-3-10-25(21)22(26)18-5-7-20(8-6-18)24-11-9-23-15-24/h5-9,11-15,21H,3-4,10H2,1-2H3. The first kappa shape index (κ1) is 16.6. The Kier molecular flexibility index (Phi) is 4.33.